The SMILES string of the molecule is CCC(C(=O)Nc1ncn(Cc2ccc(Cl)cc2)n1)n1nc(C)c(Cl)c1C. The van der Waals surface area contributed by atoms with Gasteiger partial charge in [0.05, 0.1) is 23.0 Å². The average molecular weight is 407 g/mol. The summed E-state index contributed by atoms with van der Waals surface area (Å²) in [5.74, 6) is 0.0176. The summed E-state index contributed by atoms with van der Waals surface area (Å²) in [6.07, 6.45) is 2.14. The van der Waals surface area contributed by atoms with E-state index < -0.39 is 6.04 Å². The lowest BCUT2D eigenvalue weighted by Crippen LogP contribution is -2.27. The van der Waals surface area contributed by atoms with Gasteiger partial charge in [0.15, 0.2) is 0 Å². The van der Waals surface area contributed by atoms with Crippen molar-refractivity contribution >= 4 is 35.1 Å². The maximum Gasteiger partial charge on any atom is 0.251 e. The fourth-order valence-corrected chi connectivity index (χ4v) is 3.06. The number of rotatable bonds is 6. The molecule has 0 saturated carbocycles. The van der Waals surface area contributed by atoms with Gasteiger partial charge in [-0.2, -0.15) is 5.10 Å². The zero-order valence-electron chi connectivity index (χ0n) is 15.3. The van der Waals surface area contributed by atoms with Crippen LogP contribution in [0.15, 0.2) is 30.6 Å². The Kier molecular flexibility index (Phi) is 5.82. The van der Waals surface area contributed by atoms with Crippen LogP contribution in [0, 0.1) is 13.8 Å². The molecular formula is C18H20Cl2N6O. The number of aromatic nitrogens is 5. The molecular weight excluding hydrogens is 387 g/mol. The molecule has 0 spiro atoms. The number of nitrogens with one attached hydrogen (secondary N) is 1. The molecule has 142 valence electrons. The van der Waals surface area contributed by atoms with Crippen molar-refractivity contribution < 1.29 is 4.79 Å². The van der Waals surface area contributed by atoms with Crippen LogP contribution in [-0.2, 0) is 11.3 Å². The first-order valence-corrected chi connectivity index (χ1v) is 9.30. The molecule has 1 aromatic carbocycles. The van der Waals surface area contributed by atoms with Gasteiger partial charge in [-0.3, -0.25) is 14.8 Å². The van der Waals surface area contributed by atoms with Gasteiger partial charge in [-0.15, -0.1) is 5.10 Å². The summed E-state index contributed by atoms with van der Waals surface area (Å²) in [7, 11) is 0. The van der Waals surface area contributed by atoms with Gasteiger partial charge in [-0.25, -0.2) is 9.67 Å². The fraction of sp³-hybridized carbons (Fsp3) is 0.333. The molecule has 7 nitrogen and oxygen atoms in total. The summed E-state index contributed by atoms with van der Waals surface area (Å²) >= 11 is 12.1. The van der Waals surface area contributed by atoms with Crippen LogP contribution in [0.25, 0.3) is 0 Å². The highest BCUT2D eigenvalue weighted by Gasteiger charge is 2.24. The molecule has 0 aliphatic carbocycles. The number of aryl methyl sites for hydroxylation is 1. The number of carbonyl (C=O) groups excluding carboxylic acids is 1. The summed E-state index contributed by atoms with van der Waals surface area (Å²) in [5.41, 5.74) is 2.49. The van der Waals surface area contributed by atoms with E-state index in [0.717, 1.165) is 11.3 Å². The molecule has 0 fully saturated rings. The summed E-state index contributed by atoms with van der Waals surface area (Å²) in [6.45, 7) is 6.11. The van der Waals surface area contributed by atoms with Crippen LogP contribution in [0.5, 0.6) is 0 Å². The van der Waals surface area contributed by atoms with Gasteiger partial charge in [0.25, 0.3) is 5.91 Å². The Balaban J connectivity index is 1.70. The number of hydrogen-bond donors (Lipinski definition) is 1. The minimum Gasteiger partial charge on any atom is -0.291 e. The van der Waals surface area contributed by atoms with E-state index in [4.69, 9.17) is 23.2 Å². The minimum atomic E-state index is -0.487. The van der Waals surface area contributed by atoms with E-state index in [0.29, 0.717) is 28.7 Å². The zero-order valence-corrected chi connectivity index (χ0v) is 16.8. The van der Waals surface area contributed by atoms with E-state index in [1.165, 1.54) is 0 Å². The molecule has 1 amide bonds. The third-order valence-electron chi connectivity index (χ3n) is 4.25. The topological polar surface area (TPSA) is 77.6 Å². The Morgan fingerprint density at radius 2 is 1.89 bits per heavy atom. The average Bonchev–Trinajstić information content (AvgIpc) is 3.18. The smallest absolute Gasteiger partial charge is 0.251 e. The van der Waals surface area contributed by atoms with Gasteiger partial charge in [-0.1, -0.05) is 42.3 Å². The largest absolute Gasteiger partial charge is 0.291 e. The molecule has 1 atom stereocenters. The third-order valence-corrected chi connectivity index (χ3v) is 5.05. The lowest BCUT2D eigenvalue weighted by molar-refractivity contribution is -0.119. The quantitative estimate of drug-likeness (QED) is 0.669. The molecule has 0 aliphatic heterocycles. The Morgan fingerprint density at radius 1 is 1.19 bits per heavy atom. The van der Waals surface area contributed by atoms with Crippen LogP contribution in [0.1, 0.15) is 36.3 Å². The highest BCUT2D eigenvalue weighted by molar-refractivity contribution is 6.31. The molecule has 3 aromatic rings. The van der Waals surface area contributed by atoms with Crippen LogP contribution in [0.2, 0.25) is 10.0 Å². The van der Waals surface area contributed by atoms with Crippen molar-refractivity contribution in [2.24, 2.45) is 0 Å². The second-order valence-electron chi connectivity index (χ2n) is 6.23. The van der Waals surface area contributed by atoms with Crippen LogP contribution < -0.4 is 5.32 Å². The monoisotopic (exact) mass is 406 g/mol. The van der Waals surface area contributed by atoms with Gasteiger partial charge >= 0.3 is 0 Å². The van der Waals surface area contributed by atoms with E-state index in [1.54, 1.807) is 15.7 Å². The van der Waals surface area contributed by atoms with Gasteiger partial charge in [0.2, 0.25) is 5.95 Å². The molecule has 3 rings (SSSR count). The predicted octanol–water partition coefficient (Wildman–Crippen LogP) is 4.04. The van der Waals surface area contributed by atoms with Gasteiger partial charge < -0.3 is 0 Å². The number of benzene rings is 1. The standard InChI is InChI=1S/C18H20Cl2N6O/c1-4-15(26-12(3)16(20)11(2)23-26)17(27)22-18-21-10-25(24-18)9-13-5-7-14(19)8-6-13/h5-8,10,15H,4,9H2,1-3H3,(H,22,24,27). The van der Waals surface area contributed by atoms with Crippen molar-refractivity contribution in [1.29, 1.82) is 0 Å². The normalized spacial score (nSPS) is 12.2. The van der Waals surface area contributed by atoms with Crippen molar-refractivity contribution in [1.82, 2.24) is 24.5 Å². The molecule has 2 heterocycles. The Labute approximate surface area is 167 Å². The molecule has 9 heteroatoms. The maximum absolute atomic E-state index is 12.7. The number of hydrogen-bond acceptors (Lipinski definition) is 4. The number of amides is 1. The Bertz CT molecular complexity index is 947. The second-order valence-corrected chi connectivity index (χ2v) is 7.05. The van der Waals surface area contributed by atoms with Gasteiger partial charge in [0.1, 0.15) is 12.4 Å². The Morgan fingerprint density at radius 3 is 2.48 bits per heavy atom. The predicted molar refractivity (Wildman–Crippen MR) is 105 cm³/mol. The summed E-state index contributed by atoms with van der Waals surface area (Å²) < 4.78 is 3.30. The van der Waals surface area contributed by atoms with Crippen molar-refractivity contribution in [3.05, 3.63) is 57.6 Å². The van der Waals surface area contributed by atoms with Crippen molar-refractivity contribution in [2.45, 2.75) is 39.8 Å². The van der Waals surface area contributed by atoms with Crippen molar-refractivity contribution in [3.63, 3.8) is 0 Å². The van der Waals surface area contributed by atoms with Crippen molar-refractivity contribution in [2.75, 3.05) is 5.32 Å². The molecule has 1 unspecified atom stereocenters. The zero-order chi connectivity index (χ0) is 19.6. The minimum absolute atomic E-state index is 0.232. The van der Waals surface area contributed by atoms with Crippen LogP contribution in [0.3, 0.4) is 0 Å². The first kappa shape index (κ1) is 19.4. The second kappa shape index (κ2) is 8.10. The van der Waals surface area contributed by atoms with E-state index >= 15 is 0 Å². The molecule has 27 heavy (non-hydrogen) atoms. The van der Waals surface area contributed by atoms with Crippen molar-refractivity contribution in [3.8, 4) is 0 Å². The Hall–Kier alpha value is -2.38. The number of anilines is 1. The lowest BCUT2D eigenvalue weighted by atomic mass is 10.2. The highest BCUT2D eigenvalue weighted by Crippen LogP contribution is 2.24. The molecule has 0 aliphatic rings. The van der Waals surface area contributed by atoms with Crippen LogP contribution >= 0.6 is 23.2 Å². The van der Waals surface area contributed by atoms with E-state index in [-0.39, 0.29) is 11.9 Å². The van der Waals surface area contributed by atoms with Gasteiger partial charge in [-0.05, 0) is 38.0 Å². The molecule has 0 bridgehead atoms. The number of nitrogens with zero attached hydrogens (tertiary/aromatic N) is 5. The van der Waals surface area contributed by atoms with E-state index in [1.807, 2.05) is 45.0 Å². The molecule has 0 radical (unpaired) electrons. The van der Waals surface area contributed by atoms with E-state index in [9.17, 15) is 4.79 Å². The lowest BCUT2D eigenvalue weighted by Gasteiger charge is -2.16. The molecule has 2 aromatic heterocycles. The van der Waals surface area contributed by atoms with E-state index in [2.05, 4.69) is 20.5 Å². The maximum atomic E-state index is 12.7. The first-order valence-electron chi connectivity index (χ1n) is 8.55. The highest BCUT2D eigenvalue weighted by atomic mass is 35.5. The number of carbonyl (C=O) groups is 1. The summed E-state index contributed by atoms with van der Waals surface area (Å²) in [5, 5.41) is 12.7. The summed E-state index contributed by atoms with van der Waals surface area (Å²) in [4.78, 5) is 16.9. The van der Waals surface area contributed by atoms with Crippen LogP contribution in [-0.4, -0.2) is 30.5 Å². The third kappa shape index (κ3) is 4.31. The molecule has 0 saturated heterocycles. The molecule has 1 N–H and O–H groups in total. The van der Waals surface area contributed by atoms with Gasteiger partial charge in [0, 0.05) is 5.02 Å². The van der Waals surface area contributed by atoms with Crippen LogP contribution in [0.4, 0.5) is 5.95 Å². The first-order chi connectivity index (χ1) is 12.9. The fourth-order valence-electron chi connectivity index (χ4n) is 2.81. The number of halogens is 2. The summed E-state index contributed by atoms with van der Waals surface area (Å²) in [6, 6.07) is 6.99.